The normalized spacial score (nSPS) is 23.7. The third kappa shape index (κ3) is 4.96. The zero-order chi connectivity index (χ0) is 26.8. The Morgan fingerprint density at radius 1 is 0.921 bits per heavy atom. The summed E-state index contributed by atoms with van der Waals surface area (Å²) in [5.74, 6) is 0.129. The first-order valence-corrected chi connectivity index (χ1v) is 13.6. The molecule has 3 aliphatic rings. The Balaban J connectivity index is 1.55. The van der Waals surface area contributed by atoms with Gasteiger partial charge in [-0.2, -0.15) is 0 Å². The standard InChI is InChI=1S/C32H37NO5/c1-19-10-8-9-13-24(19)30-29(32(35)38-23-11-6-5-7-12-23)20(2)33-25-16-22(17-26(34)31(25)30)21-14-15-27(36-3)28(18-21)37-4/h8-10,13-16,18,22-23,30-31,33H,5-7,11-12,17H2,1-4H3. The molecule has 0 amide bonds. The van der Waals surface area contributed by atoms with E-state index in [0.29, 0.717) is 23.5 Å². The maximum absolute atomic E-state index is 13.9. The number of allylic oxidation sites excluding steroid dienone is 3. The summed E-state index contributed by atoms with van der Waals surface area (Å²) in [7, 11) is 3.22. The molecule has 1 saturated carbocycles. The highest BCUT2D eigenvalue weighted by atomic mass is 16.5. The molecule has 3 atom stereocenters. The molecule has 38 heavy (non-hydrogen) atoms. The van der Waals surface area contributed by atoms with Gasteiger partial charge in [-0.05, 0) is 68.4 Å². The quantitative estimate of drug-likeness (QED) is 0.468. The highest BCUT2D eigenvalue weighted by molar-refractivity contribution is 5.96. The van der Waals surface area contributed by atoms with Gasteiger partial charge >= 0.3 is 5.97 Å². The van der Waals surface area contributed by atoms with Gasteiger partial charge in [0.25, 0.3) is 0 Å². The summed E-state index contributed by atoms with van der Waals surface area (Å²) in [6.07, 6.45) is 7.60. The van der Waals surface area contributed by atoms with Crippen molar-refractivity contribution in [2.24, 2.45) is 5.92 Å². The van der Waals surface area contributed by atoms with Gasteiger partial charge in [-0.3, -0.25) is 4.79 Å². The number of ether oxygens (including phenoxy) is 3. The van der Waals surface area contributed by atoms with Crippen LogP contribution in [0.1, 0.15) is 74.0 Å². The third-order valence-corrected chi connectivity index (χ3v) is 8.27. The van der Waals surface area contributed by atoms with Crippen LogP contribution in [-0.2, 0) is 14.3 Å². The largest absolute Gasteiger partial charge is 0.493 e. The highest BCUT2D eigenvalue weighted by Gasteiger charge is 2.45. The Bertz CT molecular complexity index is 1290. The number of methoxy groups -OCH3 is 2. The van der Waals surface area contributed by atoms with Crippen molar-refractivity contribution in [1.29, 1.82) is 0 Å². The number of aryl methyl sites for hydroxylation is 1. The molecule has 0 aromatic heterocycles. The summed E-state index contributed by atoms with van der Waals surface area (Å²) in [6.45, 7) is 3.96. The molecule has 1 aliphatic heterocycles. The number of Topliss-reactive ketones (excluding diaryl/α,β-unsaturated/α-hetero) is 1. The summed E-state index contributed by atoms with van der Waals surface area (Å²) in [4.78, 5) is 27.6. The van der Waals surface area contributed by atoms with Crippen LogP contribution in [0.2, 0.25) is 0 Å². The lowest BCUT2D eigenvalue weighted by molar-refractivity contribution is -0.146. The van der Waals surface area contributed by atoms with E-state index in [2.05, 4.69) is 11.4 Å². The van der Waals surface area contributed by atoms with E-state index in [1.165, 1.54) is 6.42 Å². The summed E-state index contributed by atoms with van der Waals surface area (Å²) in [5, 5.41) is 3.45. The average Bonchev–Trinajstić information content (AvgIpc) is 2.92. The van der Waals surface area contributed by atoms with Crippen LogP contribution in [0.5, 0.6) is 11.5 Å². The van der Waals surface area contributed by atoms with Crippen LogP contribution < -0.4 is 14.8 Å². The molecule has 1 heterocycles. The predicted octanol–water partition coefficient (Wildman–Crippen LogP) is 6.11. The number of nitrogens with one attached hydrogen (secondary N) is 1. The third-order valence-electron chi connectivity index (χ3n) is 8.27. The number of carbonyl (C=O) groups is 2. The van der Waals surface area contributed by atoms with Crippen LogP contribution >= 0.6 is 0 Å². The van der Waals surface area contributed by atoms with E-state index in [9.17, 15) is 9.59 Å². The molecule has 3 unspecified atom stereocenters. The molecule has 2 aliphatic carbocycles. The van der Waals surface area contributed by atoms with E-state index in [1.54, 1.807) is 14.2 Å². The lowest BCUT2D eigenvalue weighted by atomic mass is 9.68. The zero-order valence-electron chi connectivity index (χ0n) is 22.7. The van der Waals surface area contributed by atoms with Gasteiger partial charge in [0.05, 0.1) is 25.7 Å². The molecule has 1 N–H and O–H groups in total. The molecule has 0 radical (unpaired) electrons. The number of ketones is 1. The second-order valence-corrected chi connectivity index (χ2v) is 10.7. The number of rotatable bonds is 6. The maximum Gasteiger partial charge on any atom is 0.336 e. The minimum atomic E-state index is -0.468. The molecule has 0 bridgehead atoms. The number of hydrogen-bond acceptors (Lipinski definition) is 6. The van der Waals surface area contributed by atoms with E-state index in [1.807, 2.05) is 56.3 Å². The van der Waals surface area contributed by atoms with E-state index >= 15 is 0 Å². The Labute approximate surface area is 225 Å². The Morgan fingerprint density at radius 3 is 2.37 bits per heavy atom. The van der Waals surface area contributed by atoms with Crippen LogP contribution in [0.15, 0.2) is 65.5 Å². The van der Waals surface area contributed by atoms with E-state index in [-0.39, 0.29) is 23.8 Å². The number of hydrogen-bond donors (Lipinski definition) is 1. The topological polar surface area (TPSA) is 73.9 Å². The average molecular weight is 516 g/mol. The van der Waals surface area contributed by atoms with Crippen LogP contribution in [0.25, 0.3) is 0 Å². The first-order chi connectivity index (χ1) is 18.4. The van der Waals surface area contributed by atoms with Gasteiger partial charge in [0, 0.05) is 29.7 Å². The van der Waals surface area contributed by atoms with Gasteiger partial charge in [-0.25, -0.2) is 4.79 Å². The second-order valence-electron chi connectivity index (χ2n) is 10.7. The summed E-state index contributed by atoms with van der Waals surface area (Å²) >= 11 is 0. The fourth-order valence-electron chi connectivity index (χ4n) is 6.31. The van der Waals surface area contributed by atoms with Crippen LogP contribution in [-0.4, -0.2) is 32.1 Å². The highest BCUT2D eigenvalue weighted by Crippen LogP contribution is 2.47. The lowest BCUT2D eigenvalue weighted by Gasteiger charge is -2.40. The fourth-order valence-corrected chi connectivity index (χ4v) is 6.31. The molecular weight excluding hydrogens is 478 g/mol. The van der Waals surface area contributed by atoms with Crippen molar-refractivity contribution in [3.05, 3.63) is 82.2 Å². The molecule has 200 valence electrons. The molecule has 1 fully saturated rings. The Kier molecular flexibility index (Phi) is 7.59. The van der Waals surface area contributed by atoms with Gasteiger partial charge in [-0.15, -0.1) is 0 Å². The fraction of sp³-hybridized carbons (Fsp3) is 0.438. The number of benzene rings is 2. The van der Waals surface area contributed by atoms with E-state index < -0.39 is 11.8 Å². The SMILES string of the molecule is COc1ccc(C2C=C3NC(C)=C(C(=O)OC4CCCCC4)C(c4ccccc4C)C3C(=O)C2)cc1OC. The Morgan fingerprint density at radius 2 is 1.66 bits per heavy atom. The first-order valence-electron chi connectivity index (χ1n) is 13.6. The number of carbonyl (C=O) groups excluding carboxylic acids is 2. The van der Waals surface area contributed by atoms with Crippen molar-refractivity contribution < 1.29 is 23.8 Å². The summed E-state index contributed by atoms with van der Waals surface area (Å²) in [6, 6.07) is 13.8. The molecule has 2 aromatic carbocycles. The molecular formula is C32H37NO5. The Hall–Kier alpha value is -3.54. The van der Waals surface area contributed by atoms with Gasteiger partial charge < -0.3 is 19.5 Å². The van der Waals surface area contributed by atoms with Crippen molar-refractivity contribution in [1.82, 2.24) is 5.32 Å². The number of esters is 1. The van der Waals surface area contributed by atoms with Crippen molar-refractivity contribution in [3.63, 3.8) is 0 Å². The molecule has 6 nitrogen and oxygen atoms in total. The first kappa shape index (κ1) is 26.1. The molecule has 2 aromatic rings. The summed E-state index contributed by atoms with van der Waals surface area (Å²) in [5.41, 5.74) is 5.22. The zero-order valence-corrected chi connectivity index (χ0v) is 22.7. The summed E-state index contributed by atoms with van der Waals surface area (Å²) < 4.78 is 16.9. The van der Waals surface area contributed by atoms with Gasteiger partial charge in [0.2, 0.25) is 0 Å². The molecule has 6 heteroatoms. The molecule has 0 spiro atoms. The van der Waals surface area contributed by atoms with Crippen LogP contribution in [0.3, 0.4) is 0 Å². The van der Waals surface area contributed by atoms with Gasteiger partial charge in [0.15, 0.2) is 11.5 Å². The van der Waals surface area contributed by atoms with Crippen molar-refractivity contribution >= 4 is 11.8 Å². The van der Waals surface area contributed by atoms with Gasteiger partial charge in [-0.1, -0.05) is 42.8 Å². The monoisotopic (exact) mass is 515 g/mol. The maximum atomic E-state index is 13.9. The van der Waals surface area contributed by atoms with E-state index in [0.717, 1.165) is 53.8 Å². The minimum Gasteiger partial charge on any atom is -0.493 e. The minimum absolute atomic E-state index is 0.0532. The van der Waals surface area contributed by atoms with Crippen molar-refractivity contribution in [2.75, 3.05) is 14.2 Å². The van der Waals surface area contributed by atoms with Crippen molar-refractivity contribution in [3.8, 4) is 11.5 Å². The van der Waals surface area contributed by atoms with Crippen LogP contribution in [0.4, 0.5) is 0 Å². The lowest BCUT2D eigenvalue weighted by Crippen LogP contribution is -2.42. The molecule has 5 rings (SSSR count). The number of fused-ring (bicyclic) bond motifs is 1. The molecule has 0 saturated heterocycles. The smallest absolute Gasteiger partial charge is 0.336 e. The van der Waals surface area contributed by atoms with Crippen LogP contribution in [0, 0.1) is 12.8 Å². The second kappa shape index (κ2) is 11.1. The predicted molar refractivity (Wildman–Crippen MR) is 146 cm³/mol. The van der Waals surface area contributed by atoms with E-state index in [4.69, 9.17) is 14.2 Å². The van der Waals surface area contributed by atoms with Gasteiger partial charge in [0.1, 0.15) is 11.9 Å². The van der Waals surface area contributed by atoms with Crippen molar-refractivity contribution in [2.45, 2.75) is 70.3 Å².